The number of carbonyl (C=O) groups is 2. The molecule has 0 aliphatic carbocycles. The first kappa shape index (κ1) is 15.2. The highest BCUT2D eigenvalue weighted by Crippen LogP contribution is 2.20. The van der Waals surface area contributed by atoms with Crippen LogP contribution < -0.4 is 10.1 Å². The van der Waals surface area contributed by atoms with Crippen molar-refractivity contribution in [3.63, 3.8) is 0 Å². The molecule has 104 valence electrons. The fraction of sp³-hybridized carbons (Fsp3) is 0.429. The second kappa shape index (κ2) is 7.53. The maximum atomic E-state index is 11.2. The molecule has 0 radical (unpaired) electrons. The van der Waals surface area contributed by atoms with Crippen molar-refractivity contribution in [2.75, 3.05) is 27.7 Å². The van der Waals surface area contributed by atoms with Crippen molar-refractivity contribution < 1.29 is 14.3 Å². The number of hydrogen-bond donors (Lipinski definition) is 1. The van der Waals surface area contributed by atoms with Crippen molar-refractivity contribution in [1.29, 1.82) is 0 Å². The Hall–Kier alpha value is -1.88. The molecule has 0 bridgehead atoms. The van der Waals surface area contributed by atoms with Gasteiger partial charge in [0.05, 0.1) is 7.11 Å². The number of benzene rings is 1. The summed E-state index contributed by atoms with van der Waals surface area (Å²) in [6.45, 7) is 1.27. The molecule has 0 unspecified atom stereocenters. The molecular formula is C14H20N2O3. The van der Waals surface area contributed by atoms with Gasteiger partial charge in [0.2, 0.25) is 5.91 Å². The van der Waals surface area contributed by atoms with Crippen LogP contribution in [-0.4, -0.2) is 44.8 Å². The minimum Gasteiger partial charge on any atom is -0.496 e. The largest absolute Gasteiger partial charge is 0.496 e. The van der Waals surface area contributed by atoms with E-state index in [4.69, 9.17) is 4.74 Å². The summed E-state index contributed by atoms with van der Waals surface area (Å²) in [6, 6.07) is 5.31. The monoisotopic (exact) mass is 264 g/mol. The van der Waals surface area contributed by atoms with Gasteiger partial charge in [0.1, 0.15) is 12.0 Å². The standard InChI is InChI=1S/C14H20N2O3/c1-15-14(18)6-7-16(2)9-12-8-11(10-17)4-5-13(12)19-3/h4-5,8,10H,6-7,9H2,1-3H3,(H,15,18). The molecule has 0 heterocycles. The summed E-state index contributed by atoms with van der Waals surface area (Å²) in [5.41, 5.74) is 1.56. The zero-order valence-corrected chi connectivity index (χ0v) is 11.6. The normalized spacial score (nSPS) is 10.3. The Labute approximate surface area is 113 Å². The minimum atomic E-state index is 0.0143. The van der Waals surface area contributed by atoms with Gasteiger partial charge in [-0.15, -0.1) is 0 Å². The van der Waals surface area contributed by atoms with E-state index in [0.717, 1.165) is 17.6 Å². The Balaban J connectivity index is 2.68. The first-order chi connectivity index (χ1) is 9.10. The Morgan fingerprint density at radius 2 is 2.21 bits per heavy atom. The smallest absolute Gasteiger partial charge is 0.221 e. The lowest BCUT2D eigenvalue weighted by atomic mass is 10.1. The molecule has 0 atom stereocenters. The molecule has 0 aliphatic heterocycles. The number of ether oxygens (including phenoxy) is 1. The summed E-state index contributed by atoms with van der Waals surface area (Å²) in [4.78, 5) is 24.0. The molecule has 5 heteroatoms. The predicted molar refractivity (Wildman–Crippen MR) is 73.4 cm³/mol. The van der Waals surface area contributed by atoms with E-state index in [2.05, 4.69) is 5.32 Å². The summed E-state index contributed by atoms with van der Waals surface area (Å²) in [6.07, 6.45) is 1.26. The van der Waals surface area contributed by atoms with Crippen molar-refractivity contribution in [2.45, 2.75) is 13.0 Å². The van der Waals surface area contributed by atoms with E-state index in [1.165, 1.54) is 0 Å². The Morgan fingerprint density at radius 1 is 1.47 bits per heavy atom. The van der Waals surface area contributed by atoms with Crippen LogP contribution in [0.4, 0.5) is 0 Å². The molecule has 1 rings (SSSR count). The quantitative estimate of drug-likeness (QED) is 0.749. The number of hydrogen-bond acceptors (Lipinski definition) is 4. The summed E-state index contributed by atoms with van der Waals surface area (Å²) in [5, 5.41) is 2.59. The number of methoxy groups -OCH3 is 1. The van der Waals surface area contributed by atoms with E-state index >= 15 is 0 Å². The van der Waals surface area contributed by atoms with Gasteiger partial charge in [0.15, 0.2) is 0 Å². The van der Waals surface area contributed by atoms with Crippen LogP contribution in [0.15, 0.2) is 18.2 Å². The van der Waals surface area contributed by atoms with Crippen LogP contribution in [0.3, 0.4) is 0 Å². The molecule has 1 aromatic carbocycles. The molecule has 19 heavy (non-hydrogen) atoms. The number of nitrogens with one attached hydrogen (secondary N) is 1. The van der Waals surface area contributed by atoms with Crippen molar-refractivity contribution in [3.05, 3.63) is 29.3 Å². The summed E-state index contributed by atoms with van der Waals surface area (Å²) in [5.74, 6) is 0.762. The van der Waals surface area contributed by atoms with Crippen LogP contribution in [0.25, 0.3) is 0 Å². The van der Waals surface area contributed by atoms with Gasteiger partial charge in [-0.1, -0.05) is 0 Å². The van der Waals surface area contributed by atoms with E-state index in [-0.39, 0.29) is 5.91 Å². The van der Waals surface area contributed by atoms with E-state index in [0.29, 0.717) is 25.1 Å². The van der Waals surface area contributed by atoms with Crippen molar-refractivity contribution in [2.24, 2.45) is 0 Å². The van der Waals surface area contributed by atoms with Crippen molar-refractivity contribution >= 4 is 12.2 Å². The second-order valence-corrected chi connectivity index (χ2v) is 4.35. The predicted octanol–water partition coefficient (Wildman–Crippen LogP) is 1.08. The summed E-state index contributed by atoms with van der Waals surface area (Å²) < 4.78 is 5.27. The van der Waals surface area contributed by atoms with Gasteiger partial charge in [-0.05, 0) is 25.2 Å². The molecule has 0 saturated carbocycles. The maximum Gasteiger partial charge on any atom is 0.221 e. The summed E-state index contributed by atoms with van der Waals surface area (Å²) in [7, 11) is 5.15. The molecule has 1 amide bonds. The highest BCUT2D eigenvalue weighted by molar-refractivity contribution is 5.76. The van der Waals surface area contributed by atoms with Crippen LogP contribution in [0.2, 0.25) is 0 Å². The van der Waals surface area contributed by atoms with Crippen LogP contribution in [-0.2, 0) is 11.3 Å². The fourth-order valence-electron chi connectivity index (χ4n) is 1.78. The van der Waals surface area contributed by atoms with Gasteiger partial charge < -0.3 is 15.0 Å². The van der Waals surface area contributed by atoms with Gasteiger partial charge in [0.25, 0.3) is 0 Å². The van der Waals surface area contributed by atoms with Gasteiger partial charge in [0, 0.05) is 37.7 Å². The number of aldehydes is 1. The number of rotatable bonds is 7. The van der Waals surface area contributed by atoms with E-state index in [1.807, 2.05) is 18.0 Å². The molecule has 5 nitrogen and oxygen atoms in total. The lowest BCUT2D eigenvalue weighted by molar-refractivity contribution is -0.120. The highest BCUT2D eigenvalue weighted by atomic mass is 16.5. The van der Waals surface area contributed by atoms with Crippen LogP contribution in [0.5, 0.6) is 5.75 Å². The average molecular weight is 264 g/mol. The highest BCUT2D eigenvalue weighted by Gasteiger charge is 2.09. The van der Waals surface area contributed by atoms with Crippen molar-refractivity contribution in [1.82, 2.24) is 10.2 Å². The van der Waals surface area contributed by atoms with Gasteiger partial charge in [-0.2, -0.15) is 0 Å². The maximum absolute atomic E-state index is 11.2. The number of amides is 1. The minimum absolute atomic E-state index is 0.0143. The van der Waals surface area contributed by atoms with E-state index in [9.17, 15) is 9.59 Å². The summed E-state index contributed by atoms with van der Waals surface area (Å²) >= 11 is 0. The molecule has 1 aromatic rings. The van der Waals surface area contributed by atoms with Crippen molar-refractivity contribution in [3.8, 4) is 5.75 Å². The average Bonchev–Trinajstić information content (AvgIpc) is 2.44. The Bertz CT molecular complexity index is 446. The molecule has 0 aliphatic rings. The zero-order valence-electron chi connectivity index (χ0n) is 11.6. The van der Waals surface area contributed by atoms with E-state index < -0.39 is 0 Å². The number of nitrogens with zero attached hydrogens (tertiary/aromatic N) is 1. The lowest BCUT2D eigenvalue weighted by Gasteiger charge is -2.18. The lowest BCUT2D eigenvalue weighted by Crippen LogP contribution is -2.26. The molecule has 0 fully saturated rings. The van der Waals surface area contributed by atoms with Gasteiger partial charge >= 0.3 is 0 Å². The van der Waals surface area contributed by atoms with Gasteiger partial charge in [-0.3, -0.25) is 9.59 Å². The Kier molecular flexibility index (Phi) is 6.02. The molecule has 0 spiro atoms. The van der Waals surface area contributed by atoms with E-state index in [1.54, 1.807) is 26.3 Å². The molecule has 1 N–H and O–H groups in total. The third kappa shape index (κ3) is 4.71. The molecule has 0 aromatic heterocycles. The molecular weight excluding hydrogens is 244 g/mol. The van der Waals surface area contributed by atoms with Crippen LogP contribution in [0, 0.1) is 0 Å². The first-order valence-electron chi connectivity index (χ1n) is 6.12. The third-order valence-electron chi connectivity index (χ3n) is 2.88. The van der Waals surface area contributed by atoms with Crippen LogP contribution >= 0.6 is 0 Å². The van der Waals surface area contributed by atoms with Gasteiger partial charge in [-0.25, -0.2) is 0 Å². The molecule has 0 saturated heterocycles. The fourth-order valence-corrected chi connectivity index (χ4v) is 1.78. The Morgan fingerprint density at radius 3 is 2.79 bits per heavy atom. The zero-order chi connectivity index (χ0) is 14.3. The van der Waals surface area contributed by atoms with Crippen LogP contribution in [0.1, 0.15) is 22.3 Å². The third-order valence-corrected chi connectivity index (χ3v) is 2.88. The number of carbonyl (C=O) groups excluding carboxylic acids is 2. The first-order valence-corrected chi connectivity index (χ1v) is 6.12. The topological polar surface area (TPSA) is 58.6 Å². The second-order valence-electron chi connectivity index (χ2n) is 4.35. The SMILES string of the molecule is CNC(=O)CCN(C)Cc1cc(C=O)ccc1OC.